The highest BCUT2D eigenvalue weighted by Gasteiger charge is 2.48. The molecule has 1 aromatic carbocycles. The van der Waals surface area contributed by atoms with Crippen LogP contribution in [0.4, 0.5) is 0 Å². The van der Waals surface area contributed by atoms with E-state index in [-0.39, 0.29) is 17.5 Å². The number of oxazole rings is 1. The molecule has 4 nitrogen and oxygen atoms in total. The summed E-state index contributed by atoms with van der Waals surface area (Å²) in [6, 6.07) is 5.39. The van der Waals surface area contributed by atoms with Gasteiger partial charge in [0, 0.05) is 18.0 Å². The van der Waals surface area contributed by atoms with Crippen molar-refractivity contribution in [3.05, 3.63) is 34.3 Å². The minimum atomic E-state index is -0.353. The van der Waals surface area contributed by atoms with Crippen molar-refractivity contribution in [3.63, 3.8) is 0 Å². The maximum atomic E-state index is 12.5. The third-order valence-electron chi connectivity index (χ3n) is 4.88. The number of ketones is 1. The number of hydrogen-bond acceptors (Lipinski definition) is 3. The molecule has 104 valence electrons. The summed E-state index contributed by atoms with van der Waals surface area (Å²) in [6.45, 7) is 2.48. The summed E-state index contributed by atoms with van der Waals surface area (Å²) in [4.78, 5) is 24.2. The molecule has 4 rings (SSSR count). The van der Waals surface area contributed by atoms with E-state index < -0.39 is 0 Å². The standard InChI is InChI=1S/C16H17NO3/c1-2-17-13-4-3-9(8-14(13)20-16(17)19)15(18)12-6-10-5-11(10)7-12/h3-4,8,10-12H,2,5-7H2,1H3. The second-order valence-corrected chi connectivity index (χ2v) is 6.08. The second kappa shape index (κ2) is 4.08. The SMILES string of the molecule is CCn1c(=O)oc2cc(C(=O)C3CC4CC4C3)ccc21. The fourth-order valence-electron chi connectivity index (χ4n) is 3.68. The first-order chi connectivity index (χ1) is 9.67. The predicted octanol–water partition coefficient (Wildman–Crippen LogP) is 2.84. The molecule has 0 bridgehead atoms. The zero-order valence-corrected chi connectivity index (χ0v) is 11.5. The molecular formula is C16H17NO3. The van der Waals surface area contributed by atoms with Gasteiger partial charge in [0.15, 0.2) is 11.4 Å². The number of aromatic nitrogens is 1. The van der Waals surface area contributed by atoms with E-state index in [4.69, 9.17) is 4.42 Å². The van der Waals surface area contributed by atoms with E-state index in [9.17, 15) is 9.59 Å². The zero-order valence-electron chi connectivity index (χ0n) is 11.5. The molecule has 2 aromatic rings. The molecule has 2 unspecified atom stereocenters. The van der Waals surface area contributed by atoms with Crippen molar-refractivity contribution < 1.29 is 9.21 Å². The van der Waals surface area contributed by atoms with Crippen LogP contribution in [-0.2, 0) is 6.54 Å². The third-order valence-corrected chi connectivity index (χ3v) is 4.88. The fourth-order valence-corrected chi connectivity index (χ4v) is 3.68. The average molecular weight is 271 g/mol. The Labute approximate surface area is 116 Å². The van der Waals surface area contributed by atoms with Crippen LogP contribution in [0.5, 0.6) is 0 Å². The molecule has 0 radical (unpaired) electrons. The molecule has 2 saturated carbocycles. The highest BCUT2D eigenvalue weighted by molar-refractivity contribution is 6.00. The smallest absolute Gasteiger partial charge is 0.408 e. The number of fused-ring (bicyclic) bond motifs is 2. The quantitative estimate of drug-likeness (QED) is 0.807. The van der Waals surface area contributed by atoms with Crippen LogP contribution in [0.15, 0.2) is 27.4 Å². The number of Topliss-reactive ketones (excluding diaryl/α,β-unsaturated/α-hetero) is 1. The van der Waals surface area contributed by atoms with Gasteiger partial charge in [0.05, 0.1) is 5.52 Å². The van der Waals surface area contributed by atoms with E-state index in [1.807, 2.05) is 19.1 Å². The maximum Gasteiger partial charge on any atom is 0.419 e. The Hall–Kier alpha value is -1.84. The Kier molecular flexibility index (Phi) is 2.43. The van der Waals surface area contributed by atoms with E-state index in [0.29, 0.717) is 17.7 Å². The molecule has 4 heteroatoms. The summed E-state index contributed by atoms with van der Waals surface area (Å²) >= 11 is 0. The lowest BCUT2D eigenvalue weighted by Crippen LogP contribution is -2.13. The monoisotopic (exact) mass is 271 g/mol. The third kappa shape index (κ3) is 1.67. The van der Waals surface area contributed by atoms with Crippen molar-refractivity contribution >= 4 is 16.9 Å². The summed E-state index contributed by atoms with van der Waals surface area (Å²) in [5.41, 5.74) is 1.97. The van der Waals surface area contributed by atoms with Gasteiger partial charge in [-0.25, -0.2) is 4.79 Å². The molecule has 0 amide bonds. The molecule has 2 atom stereocenters. The molecule has 0 saturated heterocycles. The van der Waals surface area contributed by atoms with E-state index >= 15 is 0 Å². The molecule has 0 spiro atoms. The summed E-state index contributed by atoms with van der Waals surface area (Å²) in [7, 11) is 0. The van der Waals surface area contributed by atoms with Crippen LogP contribution >= 0.6 is 0 Å². The molecule has 0 N–H and O–H groups in total. The highest BCUT2D eigenvalue weighted by Crippen LogP contribution is 2.54. The summed E-state index contributed by atoms with van der Waals surface area (Å²) in [5.74, 6) is 1.63. The van der Waals surface area contributed by atoms with Crippen molar-refractivity contribution in [2.24, 2.45) is 17.8 Å². The maximum absolute atomic E-state index is 12.5. The van der Waals surface area contributed by atoms with Gasteiger partial charge in [-0.1, -0.05) is 0 Å². The highest BCUT2D eigenvalue weighted by atomic mass is 16.4. The van der Waals surface area contributed by atoms with Crippen LogP contribution in [0.3, 0.4) is 0 Å². The number of aryl methyl sites for hydroxylation is 1. The van der Waals surface area contributed by atoms with Crippen molar-refractivity contribution in [3.8, 4) is 0 Å². The topological polar surface area (TPSA) is 52.2 Å². The van der Waals surface area contributed by atoms with Gasteiger partial charge in [-0.15, -0.1) is 0 Å². The average Bonchev–Trinajstić information content (AvgIpc) is 2.93. The Morgan fingerprint density at radius 2 is 2.05 bits per heavy atom. The first kappa shape index (κ1) is 11.9. The molecule has 0 aliphatic heterocycles. The van der Waals surface area contributed by atoms with E-state index in [2.05, 4.69) is 0 Å². The number of nitrogens with zero attached hydrogens (tertiary/aromatic N) is 1. The minimum Gasteiger partial charge on any atom is -0.408 e. The van der Waals surface area contributed by atoms with Crippen LogP contribution in [0.1, 0.15) is 36.5 Å². The van der Waals surface area contributed by atoms with Crippen LogP contribution in [-0.4, -0.2) is 10.4 Å². The van der Waals surface area contributed by atoms with Gasteiger partial charge >= 0.3 is 5.76 Å². The lowest BCUT2D eigenvalue weighted by molar-refractivity contribution is 0.0914. The molecular weight excluding hydrogens is 254 g/mol. The zero-order chi connectivity index (χ0) is 13.9. The first-order valence-electron chi connectivity index (χ1n) is 7.35. The van der Waals surface area contributed by atoms with Gasteiger partial charge in [0.1, 0.15) is 0 Å². The Balaban J connectivity index is 1.70. The largest absolute Gasteiger partial charge is 0.419 e. The normalized spacial score (nSPS) is 27.8. The lowest BCUT2D eigenvalue weighted by atomic mass is 9.93. The number of benzene rings is 1. The molecule has 1 aromatic heterocycles. The fraction of sp³-hybridized carbons (Fsp3) is 0.500. The van der Waals surface area contributed by atoms with Crippen LogP contribution in [0.25, 0.3) is 11.1 Å². The molecule has 20 heavy (non-hydrogen) atoms. The van der Waals surface area contributed by atoms with Crippen LogP contribution in [0.2, 0.25) is 0 Å². The molecule has 2 fully saturated rings. The lowest BCUT2D eigenvalue weighted by Gasteiger charge is -2.10. The van der Waals surface area contributed by atoms with E-state index in [1.54, 1.807) is 10.6 Å². The number of carbonyl (C=O) groups excluding carboxylic acids is 1. The van der Waals surface area contributed by atoms with E-state index in [0.717, 1.165) is 30.2 Å². The van der Waals surface area contributed by atoms with Crippen molar-refractivity contribution in [2.75, 3.05) is 0 Å². The van der Waals surface area contributed by atoms with Gasteiger partial charge < -0.3 is 4.42 Å². The molecule has 2 aliphatic rings. The molecule has 1 heterocycles. The van der Waals surface area contributed by atoms with Gasteiger partial charge in [0.2, 0.25) is 0 Å². The summed E-state index contributed by atoms with van der Waals surface area (Å²) < 4.78 is 6.81. The van der Waals surface area contributed by atoms with Crippen molar-refractivity contribution in [1.29, 1.82) is 0 Å². The summed E-state index contributed by atoms with van der Waals surface area (Å²) in [6.07, 6.45) is 3.40. The van der Waals surface area contributed by atoms with Gasteiger partial charge in [0.25, 0.3) is 0 Å². The Morgan fingerprint density at radius 1 is 1.30 bits per heavy atom. The summed E-state index contributed by atoms with van der Waals surface area (Å²) in [5, 5.41) is 0. The predicted molar refractivity (Wildman–Crippen MR) is 74.8 cm³/mol. The van der Waals surface area contributed by atoms with Crippen molar-refractivity contribution in [2.45, 2.75) is 32.7 Å². The van der Waals surface area contributed by atoms with Crippen LogP contribution in [0, 0.1) is 17.8 Å². The van der Waals surface area contributed by atoms with Gasteiger partial charge in [-0.05, 0) is 56.2 Å². The van der Waals surface area contributed by atoms with Gasteiger partial charge in [-0.3, -0.25) is 9.36 Å². The number of rotatable bonds is 3. The minimum absolute atomic E-state index is 0.177. The van der Waals surface area contributed by atoms with Crippen LogP contribution < -0.4 is 5.76 Å². The number of hydrogen-bond donors (Lipinski definition) is 0. The molecule has 2 aliphatic carbocycles. The first-order valence-corrected chi connectivity index (χ1v) is 7.35. The van der Waals surface area contributed by atoms with Gasteiger partial charge in [-0.2, -0.15) is 0 Å². The Morgan fingerprint density at radius 3 is 2.75 bits per heavy atom. The van der Waals surface area contributed by atoms with E-state index in [1.165, 1.54) is 6.42 Å². The second-order valence-electron chi connectivity index (χ2n) is 6.08. The number of carbonyl (C=O) groups is 1. The van der Waals surface area contributed by atoms with Crippen molar-refractivity contribution in [1.82, 2.24) is 4.57 Å². The Bertz CT molecular complexity index is 745.